The molecule has 132 valence electrons. The van der Waals surface area contributed by atoms with Gasteiger partial charge in [0.1, 0.15) is 0 Å². The van der Waals surface area contributed by atoms with Gasteiger partial charge in [-0.2, -0.15) is 0 Å². The summed E-state index contributed by atoms with van der Waals surface area (Å²) in [6.07, 6.45) is 5.59. The molecule has 2 heterocycles. The largest absolute Gasteiger partial charge is 0.336 e. The number of thiophene rings is 1. The standard InChI is InChI=1S/C17H15Cl3N2S3/c18-13-1-2-14(15(19)7-13)16(8-22-5-4-21-10-22)25-11-23-9-12-3-6-24-17(12)20/h1-7,10,16H,8-9,11H2. The van der Waals surface area contributed by atoms with Crippen molar-refractivity contribution in [2.45, 2.75) is 17.5 Å². The molecule has 0 saturated heterocycles. The molecule has 1 atom stereocenters. The molecule has 0 fully saturated rings. The van der Waals surface area contributed by atoms with Gasteiger partial charge in [0.05, 0.1) is 10.7 Å². The summed E-state index contributed by atoms with van der Waals surface area (Å²) in [5.41, 5.74) is 2.30. The van der Waals surface area contributed by atoms with Gasteiger partial charge in [-0.05, 0) is 34.7 Å². The van der Waals surface area contributed by atoms with Crippen molar-refractivity contribution < 1.29 is 0 Å². The first-order valence-corrected chi connectivity index (χ1v) is 11.7. The quantitative estimate of drug-likeness (QED) is 0.266. The molecule has 8 heteroatoms. The van der Waals surface area contributed by atoms with Crippen LogP contribution in [0.5, 0.6) is 0 Å². The first-order valence-electron chi connectivity index (χ1n) is 7.45. The summed E-state index contributed by atoms with van der Waals surface area (Å²) >= 11 is 23.9. The highest BCUT2D eigenvalue weighted by Gasteiger charge is 2.17. The molecule has 25 heavy (non-hydrogen) atoms. The highest BCUT2D eigenvalue weighted by Crippen LogP contribution is 2.38. The van der Waals surface area contributed by atoms with E-state index in [2.05, 4.69) is 15.6 Å². The first-order chi connectivity index (χ1) is 12.1. The van der Waals surface area contributed by atoms with Crippen LogP contribution >= 0.6 is 69.7 Å². The van der Waals surface area contributed by atoms with Gasteiger partial charge in [-0.25, -0.2) is 4.98 Å². The van der Waals surface area contributed by atoms with Crippen LogP contribution in [0, 0.1) is 0 Å². The fourth-order valence-corrected chi connectivity index (χ4v) is 6.49. The maximum Gasteiger partial charge on any atom is 0.0968 e. The van der Waals surface area contributed by atoms with Gasteiger partial charge in [-0.3, -0.25) is 0 Å². The maximum atomic E-state index is 6.43. The predicted octanol–water partition coefficient (Wildman–Crippen LogP) is 7.27. The second kappa shape index (κ2) is 9.58. The third kappa shape index (κ3) is 5.59. The van der Waals surface area contributed by atoms with Crippen molar-refractivity contribution in [2.75, 3.05) is 5.08 Å². The summed E-state index contributed by atoms with van der Waals surface area (Å²) < 4.78 is 2.96. The van der Waals surface area contributed by atoms with E-state index in [1.165, 1.54) is 5.56 Å². The molecule has 0 N–H and O–H groups in total. The zero-order valence-electron chi connectivity index (χ0n) is 13.1. The number of aromatic nitrogens is 2. The van der Waals surface area contributed by atoms with Gasteiger partial charge in [0.25, 0.3) is 0 Å². The average molecular weight is 450 g/mol. The molecule has 0 bridgehead atoms. The van der Waals surface area contributed by atoms with Gasteiger partial charge in [0.2, 0.25) is 0 Å². The minimum atomic E-state index is 0.226. The molecule has 0 aliphatic heterocycles. The van der Waals surface area contributed by atoms with Crippen molar-refractivity contribution in [3.8, 4) is 0 Å². The summed E-state index contributed by atoms with van der Waals surface area (Å²) in [4.78, 5) is 4.13. The highest BCUT2D eigenvalue weighted by molar-refractivity contribution is 8.15. The number of imidazole rings is 1. The van der Waals surface area contributed by atoms with Gasteiger partial charge < -0.3 is 4.57 Å². The van der Waals surface area contributed by atoms with Gasteiger partial charge in [0.15, 0.2) is 0 Å². The third-order valence-electron chi connectivity index (χ3n) is 3.55. The Hall–Kier alpha value is -0.300. The lowest BCUT2D eigenvalue weighted by atomic mass is 10.1. The number of rotatable bonds is 8. The molecular formula is C17H15Cl3N2S3. The van der Waals surface area contributed by atoms with Gasteiger partial charge in [0, 0.05) is 45.1 Å². The molecule has 2 aromatic heterocycles. The molecule has 1 aromatic carbocycles. The van der Waals surface area contributed by atoms with E-state index >= 15 is 0 Å². The normalized spacial score (nSPS) is 12.4. The molecule has 3 rings (SSSR count). The fourth-order valence-electron chi connectivity index (χ4n) is 2.29. The van der Waals surface area contributed by atoms with Gasteiger partial charge in [-0.15, -0.1) is 34.9 Å². The summed E-state index contributed by atoms with van der Waals surface area (Å²) in [7, 11) is 0. The van der Waals surface area contributed by atoms with Crippen LogP contribution in [0.15, 0.2) is 48.4 Å². The lowest BCUT2D eigenvalue weighted by Gasteiger charge is -2.19. The smallest absolute Gasteiger partial charge is 0.0968 e. The lowest BCUT2D eigenvalue weighted by Crippen LogP contribution is -2.06. The Morgan fingerprint density at radius 3 is 2.76 bits per heavy atom. The van der Waals surface area contributed by atoms with E-state index in [1.807, 2.05) is 53.6 Å². The predicted molar refractivity (Wildman–Crippen MR) is 115 cm³/mol. The van der Waals surface area contributed by atoms with Gasteiger partial charge in [-0.1, -0.05) is 40.9 Å². The Morgan fingerprint density at radius 2 is 2.08 bits per heavy atom. The molecule has 0 amide bonds. The average Bonchev–Trinajstić information content (AvgIpc) is 3.22. The first kappa shape index (κ1) is 19.5. The molecule has 1 unspecified atom stereocenters. The van der Waals surface area contributed by atoms with E-state index in [1.54, 1.807) is 23.6 Å². The molecule has 3 aromatic rings. The number of halogens is 3. The summed E-state index contributed by atoms with van der Waals surface area (Å²) in [6.45, 7) is 0.811. The second-order valence-electron chi connectivity index (χ2n) is 5.27. The monoisotopic (exact) mass is 448 g/mol. The van der Waals surface area contributed by atoms with E-state index in [9.17, 15) is 0 Å². The Labute approximate surface area is 174 Å². The van der Waals surface area contributed by atoms with Crippen LogP contribution in [0.2, 0.25) is 14.4 Å². The van der Waals surface area contributed by atoms with E-state index in [-0.39, 0.29) is 5.25 Å². The molecule has 0 aliphatic carbocycles. The van der Waals surface area contributed by atoms with E-state index in [0.717, 1.165) is 27.3 Å². The number of hydrogen-bond acceptors (Lipinski definition) is 4. The molecule has 0 radical (unpaired) electrons. The SMILES string of the molecule is Clc1ccc(C(Cn2ccnc2)SCSCc2ccsc2Cl)c(Cl)c1. The van der Waals surface area contributed by atoms with Crippen LogP contribution in [-0.4, -0.2) is 14.6 Å². The Balaban J connectivity index is 1.65. The maximum absolute atomic E-state index is 6.43. The van der Waals surface area contributed by atoms with Crippen LogP contribution in [0.1, 0.15) is 16.4 Å². The Bertz CT molecular complexity index is 805. The number of nitrogens with zero attached hydrogens (tertiary/aromatic N) is 2. The number of hydrogen-bond donors (Lipinski definition) is 0. The van der Waals surface area contributed by atoms with Crippen molar-refractivity contribution in [3.63, 3.8) is 0 Å². The third-order valence-corrected chi connectivity index (χ3v) is 7.89. The van der Waals surface area contributed by atoms with Crippen LogP contribution in [0.25, 0.3) is 0 Å². The Kier molecular flexibility index (Phi) is 7.46. The van der Waals surface area contributed by atoms with Crippen molar-refractivity contribution in [3.05, 3.63) is 73.9 Å². The minimum absolute atomic E-state index is 0.226. The lowest BCUT2D eigenvalue weighted by molar-refractivity contribution is 0.684. The van der Waals surface area contributed by atoms with Crippen molar-refractivity contribution in [1.82, 2.24) is 9.55 Å². The molecule has 0 spiro atoms. The van der Waals surface area contributed by atoms with Crippen LogP contribution in [0.3, 0.4) is 0 Å². The number of benzene rings is 1. The molecular weight excluding hydrogens is 435 g/mol. The summed E-state index contributed by atoms with van der Waals surface area (Å²) in [6, 6.07) is 7.80. The minimum Gasteiger partial charge on any atom is -0.336 e. The topological polar surface area (TPSA) is 17.8 Å². The van der Waals surface area contributed by atoms with Crippen LogP contribution < -0.4 is 0 Å². The van der Waals surface area contributed by atoms with E-state index < -0.39 is 0 Å². The van der Waals surface area contributed by atoms with Crippen molar-refractivity contribution >= 4 is 69.7 Å². The molecule has 0 aliphatic rings. The molecule has 0 saturated carbocycles. The summed E-state index contributed by atoms with van der Waals surface area (Å²) in [5.74, 6) is 0.918. The fraction of sp³-hybridized carbons (Fsp3) is 0.235. The van der Waals surface area contributed by atoms with Crippen molar-refractivity contribution in [2.24, 2.45) is 0 Å². The Morgan fingerprint density at radius 1 is 1.20 bits per heavy atom. The van der Waals surface area contributed by atoms with Gasteiger partial charge >= 0.3 is 0 Å². The van der Waals surface area contributed by atoms with Crippen LogP contribution in [-0.2, 0) is 12.3 Å². The van der Waals surface area contributed by atoms with Crippen LogP contribution in [0.4, 0.5) is 0 Å². The van der Waals surface area contributed by atoms with Crippen molar-refractivity contribution in [1.29, 1.82) is 0 Å². The zero-order valence-corrected chi connectivity index (χ0v) is 17.8. The van der Waals surface area contributed by atoms with E-state index in [4.69, 9.17) is 34.8 Å². The zero-order chi connectivity index (χ0) is 17.6. The second-order valence-corrected chi connectivity index (χ2v) is 10.2. The summed E-state index contributed by atoms with van der Waals surface area (Å²) in [5, 5.41) is 4.56. The van der Waals surface area contributed by atoms with E-state index in [0.29, 0.717) is 10.0 Å². The number of thioether (sulfide) groups is 2. The highest BCUT2D eigenvalue weighted by atomic mass is 35.5. The molecule has 2 nitrogen and oxygen atoms in total.